The lowest BCUT2D eigenvalue weighted by Crippen LogP contribution is -2.55. The van der Waals surface area contributed by atoms with Gasteiger partial charge in [-0.25, -0.2) is 0 Å². The maximum absolute atomic E-state index is 9.79. The molecule has 0 spiro atoms. The molecule has 4 heterocycles. The number of benzene rings is 5. The van der Waals surface area contributed by atoms with Gasteiger partial charge >= 0.3 is 0 Å². The minimum Gasteiger partial charge on any atom is -0.303 e. The summed E-state index contributed by atoms with van der Waals surface area (Å²) in [5.41, 5.74) is 6.88. The summed E-state index contributed by atoms with van der Waals surface area (Å²) in [5, 5.41) is 14.1. The molecule has 49 heavy (non-hydrogen) atoms. The number of nitriles is 1. The third kappa shape index (κ3) is 3.69. The van der Waals surface area contributed by atoms with Crippen molar-refractivity contribution in [1.82, 2.24) is 24.1 Å². The van der Waals surface area contributed by atoms with Crippen molar-refractivity contribution >= 4 is 55.2 Å². The summed E-state index contributed by atoms with van der Waals surface area (Å²) in [4.78, 5) is 18.6. The first-order chi connectivity index (χ1) is 24.0. The maximum Gasteiger partial charge on any atom is 0.241 e. The number of rotatable bonds is 3. The van der Waals surface area contributed by atoms with E-state index in [1.54, 1.807) is 0 Å². The molecule has 1 aliphatic heterocycles. The molecule has 10 rings (SSSR count). The van der Waals surface area contributed by atoms with Crippen LogP contribution in [0.15, 0.2) is 115 Å². The summed E-state index contributed by atoms with van der Waals surface area (Å²) in [6.07, 6.45) is 4.51. The Balaban J connectivity index is 1.33. The lowest BCUT2D eigenvalue weighted by molar-refractivity contribution is 0.193. The second kappa shape index (κ2) is 10.0. The fourth-order valence-corrected chi connectivity index (χ4v) is 9.05. The molecule has 0 radical (unpaired) electrons. The van der Waals surface area contributed by atoms with E-state index < -0.39 is 0 Å². The van der Waals surface area contributed by atoms with Crippen molar-refractivity contribution in [3.05, 3.63) is 126 Å². The Hall–Kier alpha value is -6.00. The van der Waals surface area contributed by atoms with Crippen LogP contribution in [0.2, 0.25) is 0 Å². The Morgan fingerprint density at radius 2 is 1.08 bits per heavy atom. The van der Waals surface area contributed by atoms with Gasteiger partial charge in [-0.1, -0.05) is 92.6 Å². The van der Waals surface area contributed by atoms with Gasteiger partial charge in [0.05, 0.1) is 39.2 Å². The Labute approximate surface area is 283 Å². The van der Waals surface area contributed by atoms with Gasteiger partial charge < -0.3 is 4.90 Å². The fourth-order valence-electron chi connectivity index (χ4n) is 9.05. The molecule has 236 valence electrons. The first-order valence-corrected chi connectivity index (χ1v) is 17.1. The highest BCUT2D eigenvalue weighted by atomic mass is 15.4. The molecular weight excluding hydrogens is 603 g/mol. The zero-order valence-corrected chi connectivity index (χ0v) is 27.4. The SMILES string of the molecule is CC12CCCCC1(C)N(c1nc(-n3c4ccccc4c4ccccc43)nc(-n3c4ccccc4c4cc(C#N)ccc43)n1)c1ccccc12. The van der Waals surface area contributed by atoms with Gasteiger partial charge in [0, 0.05) is 32.6 Å². The Morgan fingerprint density at radius 3 is 1.71 bits per heavy atom. The summed E-state index contributed by atoms with van der Waals surface area (Å²) in [6.45, 7) is 4.83. The molecule has 2 unspecified atom stereocenters. The standard InChI is InChI=1S/C42H33N7/c1-41-23-11-12-24-42(41,2)49(37-20-10-6-16-32(37)41)40-45-38(47-33-17-7-3-13-28(33)29-14-4-8-18-34(29)47)44-39(46-40)48-35-19-9-5-15-30(35)31-25-27(26-43)21-22-36(31)48/h3-10,13-22,25H,11-12,23-24H2,1-2H3. The van der Waals surface area contributed by atoms with Crippen LogP contribution in [0.25, 0.3) is 55.5 Å². The summed E-state index contributed by atoms with van der Waals surface area (Å²) in [7, 11) is 0. The van der Waals surface area contributed by atoms with E-state index in [-0.39, 0.29) is 11.0 Å². The van der Waals surface area contributed by atoms with Gasteiger partial charge in [0.2, 0.25) is 17.8 Å². The van der Waals surface area contributed by atoms with E-state index in [1.165, 1.54) is 17.7 Å². The molecule has 2 aliphatic rings. The first kappa shape index (κ1) is 28.1. The van der Waals surface area contributed by atoms with E-state index in [4.69, 9.17) is 15.0 Å². The van der Waals surface area contributed by atoms with Gasteiger partial charge in [-0.15, -0.1) is 0 Å². The average molecular weight is 636 g/mol. The predicted molar refractivity (Wildman–Crippen MR) is 196 cm³/mol. The molecular formula is C42H33N7. The van der Waals surface area contributed by atoms with Crippen molar-refractivity contribution in [2.45, 2.75) is 50.5 Å². The van der Waals surface area contributed by atoms with E-state index in [1.807, 2.05) is 30.3 Å². The summed E-state index contributed by atoms with van der Waals surface area (Å²) >= 11 is 0. The van der Waals surface area contributed by atoms with Gasteiger partial charge in [0.1, 0.15) is 0 Å². The molecule has 2 atom stereocenters. The van der Waals surface area contributed by atoms with Gasteiger partial charge in [-0.05, 0) is 67.8 Å². The fraction of sp³-hybridized carbons (Fsp3) is 0.190. The third-order valence-corrected chi connectivity index (χ3v) is 11.6. The summed E-state index contributed by atoms with van der Waals surface area (Å²) in [5.74, 6) is 1.76. The maximum atomic E-state index is 9.79. The van der Waals surface area contributed by atoms with Crippen LogP contribution < -0.4 is 4.90 Å². The monoisotopic (exact) mass is 635 g/mol. The molecule has 1 fully saturated rings. The van der Waals surface area contributed by atoms with Gasteiger partial charge in [-0.3, -0.25) is 9.13 Å². The minimum absolute atomic E-state index is 0.0534. The van der Waals surface area contributed by atoms with Crippen LogP contribution in [0.3, 0.4) is 0 Å². The van der Waals surface area contributed by atoms with Crippen LogP contribution in [-0.2, 0) is 5.41 Å². The van der Waals surface area contributed by atoms with Crippen molar-refractivity contribution in [2.24, 2.45) is 0 Å². The van der Waals surface area contributed by atoms with Crippen LogP contribution in [0.5, 0.6) is 0 Å². The van der Waals surface area contributed by atoms with Gasteiger partial charge in [0.25, 0.3) is 0 Å². The molecule has 8 aromatic rings. The van der Waals surface area contributed by atoms with Gasteiger partial charge in [0.15, 0.2) is 0 Å². The normalized spacial score (nSPS) is 20.2. The molecule has 3 aromatic heterocycles. The Kier molecular flexibility index (Phi) is 5.73. The molecule has 1 saturated carbocycles. The molecule has 0 saturated heterocycles. The number of fused-ring (bicyclic) bond motifs is 9. The summed E-state index contributed by atoms with van der Waals surface area (Å²) in [6, 6.07) is 42.3. The number of anilines is 2. The third-order valence-electron chi connectivity index (χ3n) is 11.6. The topological polar surface area (TPSA) is 75.6 Å². The summed E-state index contributed by atoms with van der Waals surface area (Å²) < 4.78 is 4.32. The zero-order chi connectivity index (χ0) is 32.9. The van der Waals surface area contributed by atoms with E-state index in [9.17, 15) is 5.26 Å². The van der Waals surface area contributed by atoms with E-state index in [2.05, 4.69) is 119 Å². The van der Waals surface area contributed by atoms with E-state index in [0.29, 0.717) is 23.4 Å². The van der Waals surface area contributed by atoms with Crippen LogP contribution in [0.1, 0.15) is 50.7 Å². The average Bonchev–Trinajstić information content (AvgIpc) is 3.73. The second-order valence-electron chi connectivity index (χ2n) is 14.0. The van der Waals surface area contributed by atoms with Crippen molar-refractivity contribution in [3.63, 3.8) is 0 Å². The van der Waals surface area contributed by atoms with Crippen LogP contribution in [-0.4, -0.2) is 29.6 Å². The zero-order valence-electron chi connectivity index (χ0n) is 27.4. The largest absolute Gasteiger partial charge is 0.303 e. The predicted octanol–water partition coefficient (Wildman–Crippen LogP) is 9.68. The lowest BCUT2D eigenvalue weighted by Gasteiger charge is -2.49. The van der Waals surface area contributed by atoms with Gasteiger partial charge in [-0.2, -0.15) is 20.2 Å². The molecule has 0 bridgehead atoms. The molecule has 7 nitrogen and oxygen atoms in total. The minimum atomic E-state index is -0.228. The molecule has 1 aliphatic carbocycles. The highest BCUT2D eigenvalue weighted by molar-refractivity contribution is 6.10. The number of nitrogens with zero attached hydrogens (tertiary/aromatic N) is 7. The number of aromatic nitrogens is 5. The Bertz CT molecular complexity index is 2640. The smallest absolute Gasteiger partial charge is 0.241 e. The molecule has 5 aromatic carbocycles. The van der Waals surface area contributed by atoms with Crippen LogP contribution in [0.4, 0.5) is 11.6 Å². The second-order valence-corrected chi connectivity index (χ2v) is 14.0. The molecule has 0 N–H and O–H groups in total. The first-order valence-electron chi connectivity index (χ1n) is 17.1. The van der Waals surface area contributed by atoms with E-state index in [0.717, 1.165) is 62.9 Å². The van der Waals surface area contributed by atoms with Crippen molar-refractivity contribution in [3.8, 4) is 18.0 Å². The Morgan fingerprint density at radius 1 is 0.571 bits per heavy atom. The highest BCUT2D eigenvalue weighted by Gasteiger charge is 2.58. The molecule has 0 amide bonds. The number of para-hydroxylation sites is 4. The highest BCUT2D eigenvalue weighted by Crippen LogP contribution is 2.60. The van der Waals surface area contributed by atoms with Crippen molar-refractivity contribution in [2.75, 3.05) is 4.90 Å². The van der Waals surface area contributed by atoms with Crippen LogP contribution in [0, 0.1) is 11.3 Å². The quantitative estimate of drug-likeness (QED) is 0.193. The van der Waals surface area contributed by atoms with Crippen LogP contribution >= 0.6 is 0 Å². The molecule has 7 heteroatoms. The van der Waals surface area contributed by atoms with E-state index >= 15 is 0 Å². The lowest BCUT2D eigenvalue weighted by atomic mass is 9.61. The van der Waals surface area contributed by atoms with Crippen molar-refractivity contribution in [1.29, 1.82) is 5.26 Å². The van der Waals surface area contributed by atoms with Crippen molar-refractivity contribution < 1.29 is 0 Å². The number of hydrogen-bond donors (Lipinski definition) is 0. The number of hydrogen-bond acceptors (Lipinski definition) is 5.